The first-order valence-corrected chi connectivity index (χ1v) is 7.99. The molecule has 2 rings (SSSR count). The molecule has 0 aliphatic carbocycles. The fourth-order valence-corrected chi connectivity index (χ4v) is 2.66. The number of carbonyl (C=O) groups excluding carboxylic acids is 1. The number of aromatic nitrogens is 3. The number of nitrogens with zero attached hydrogens (tertiary/aromatic N) is 2. The highest BCUT2D eigenvalue weighted by molar-refractivity contribution is 8.00. The second kappa shape index (κ2) is 8.26. The number of terminal acetylenes is 1. The molecule has 24 heavy (non-hydrogen) atoms. The molecule has 0 saturated carbocycles. The summed E-state index contributed by atoms with van der Waals surface area (Å²) in [6.07, 6.45) is 5.12. The van der Waals surface area contributed by atoms with Gasteiger partial charge in [-0.25, -0.2) is 4.98 Å². The molecule has 0 bridgehead atoms. The van der Waals surface area contributed by atoms with Gasteiger partial charge in [-0.3, -0.25) is 9.89 Å². The third-order valence-corrected chi connectivity index (χ3v) is 4.11. The van der Waals surface area contributed by atoms with Crippen LogP contribution in [0, 0.1) is 12.3 Å². The molecule has 1 aromatic carbocycles. The Balaban J connectivity index is 2.13. The Kier molecular flexibility index (Phi) is 6.09. The fourth-order valence-electron chi connectivity index (χ4n) is 1.91. The summed E-state index contributed by atoms with van der Waals surface area (Å²) in [4.78, 5) is 16.2. The largest absolute Gasteiger partial charge is 0.497 e. The molecular formula is C16H18N4O3S. The Morgan fingerprint density at radius 3 is 2.92 bits per heavy atom. The van der Waals surface area contributed by atoms with Crippen LogP contribution < -0.4 is 14.8 Å². The number of benzene rings is 1. The number of ether oxygens (including phenoxy) is 2. The number of hydrogen-bond donors (Lipinski definition) is 2. The van der Waals surface area contributed by atoms with E-state index in [0.29, 0.717) is 22.5 Å². The molecule has 1 unspecified atom stereocenters. The van der Waals surface area contributed by atoms with E-state index in [0.717, 1.165) is 5.56 Å². The molecule has 8 heteroatoms. The molecule has 0 spiro atoms. The highest BCUT2D eigenvalue weighted by Gasteiger charge is 2.18. The van der Waals surface area contributed by atoms with Crippen LogP contribution in [0.3, 0.4) is 0 Å². The van der Waals surface area contributed by atoms with Gasteiger partial charge < -0.3 is 14.8 Å². The second-order valence-electron chi connectivity index (χ2n) is 4.71. The van der Waals surface area contributed by atoms with E-state index in [4.69, 9.17) is 15.9 Å². The summed E-state index contributed by atoms with van der Waals surface area (Å²) in [6, 6.07) is 5.40. The highest BCUT2D eigenvalue weighted by Crippen LogP contribution is 2.32. The van der Waals surface area contributed by atoms with Gasteiger partial charge in [0.1, 0.15) is 11.5 Å². The van der Waals surface area contributed by atoms with Crippen molar-refractivity contribution in [3.8, 4) is 35.2 Å². The van der Waals surface area contributed by atoms with E-state index in [9.17, 15) is 4.79 Å². The van der Waals surface area contributed by atoms with Crippen LogP contribution in [-0.4, -0.2) is 47.1 Å². The van der Waals surface area contributed by atoms with E-state index in [1.165, 1.54) is 11.8 Å². The van der Waals surface area contributed by atoms with Crippen LogP contribution >= 0.6 is 11.8 Å². The summed E-state index contributed by atoms with van der Waals surface area (Å²) >= 11 is 1.24. The van der Waals surface area contributed by atoms with Gasteiger partial charge in [-0.05, 0) is 19.1 Å². The first-order chi connectivity index (χ1) is 11.6. The maximum Gasteiger partial charge on any atom is 0.234 e. The van der Waals surface area contributed by atoms with Crippen molar-refractivity contribution in [2.45, 2.75) is 17.3 Å². The average molecular weight is 346 g/mol. The molecule has 2 N–H and O–H groups in total. The molecule has 2 aromatic rings. The number of H-pyrrole nitrogens is 1. The number of rotatable bonds is 7. The van der Waals surface area contributed by atoms with Crippen molar-refractivity contribution in [3.63, 3.8) is 0 Å². The number of amides is 1. The lowest BCUT2D eigenvalue weighted by Gasteiger charge is -2.08. The summed E-state index contributed by atoms with van der Waals surface area (Å²) in [6.45, 7) is 1.96. The average Bonchev–Trinajstić information content (AvgIpc) is 3.07. The van der Waals surface area contributed by atoms with Crippen molar-refractivity contribution in [3.05, 3.63) is 18.2 Å². The molecule has 0 fully saturated rings. The normalized spacial score (nSPS) is 11.4. The number of methoxy groups -OCH3 is 2. The summed E-state index contributed by atoms with van der Waals surface area (Å²) in [5.74, 6) is 4.05. The van der Waals surface area contributed by atoms with Gasteiger partial charge in [-0.1, -0.05) is 17.7 Å². The van der Waals surface area contributed by atoms with Crippen LogP contribution in [0.4, 0.5) is 0 Å². The Labute approximate surface area is 144 Å². The molecule has 1 atom stereocenters. The molecule has 1 amide bonds. The van der Waals surface area contributed by atoms with Crippen LogP contribution in [0.15, 0.2) is 23.4 Å². The Bertz CT molecular complexity index is 754. The minimum atomic E-state index is -0.361. The molecule has 0 saturated heterocycles. The minimum absolute atomic E-state index is 0.161. The standard InChI is InChI=1S/C16H18N4O3S/c1-5-8-17-15(21)10(2)24-16-18-14(19-20-16)12-7-6-11(22-3)9-13(12)23-4/h1,6-7,9-10H,8H2,2-4H3,(H,17,21)(H,18,19,20). The second-order valence-corrected chi connectivity index (χ2v) is 6.02. The molecular weight excluding hydrogens is 328 g/mol. The molecule has 7 nitrogen and oxygen atoms in total. The van der Waals surface area contributed by atoms with Crippen LogP contribution in [-0.2, 0) is 4.79 Å². The van der Waals surface area contributed by atoms with Gasteiger partial charge in [0.2, 0.25) is 11.1 Å². The van der Waals surface area contributed by atoms with Gasteiger partial charge in [0.25, 0.3) is 0 Å². The molecule has 0 aliphatic rings. The van der Waals surface area contributed by atoms with Crippen molar-refractivity contribution in [1.29, 1.82) is 0 Å². The Hall–Kier alpha value is -2.66. The van der Waals surface area contributed by atoms with Gasteiger partial charge in [-0.15, -0.1) is 11.5 Å². The van der Waals surface area contributed by atoms with E-state index >= 15 is 0 Å². The Morgan fingerprint density at radius 1 is 1.46 bits per heavy atom. The van der Waals surface area contributed by atoms with Crippen molar-refractivity contribution in [2.75, 3.05) is 20.8 Å². The zero-order valence-electron chi connectivity index (χ0n) is 13.6. The number of hydrogen-bond acceptors (Lipinski definition) is 6. The number of aromatic amines is 1. The summed E-state index contributed by atoms with van der Waals surface area (Å²) < 4.78 is 10.5. The maximum atomic E-state index is 11.8. The highest BCUT2D eigenvalue weighted by atomic mass is 32.2. The Morgan fingerprint density at radius 2 is 2.25 bits per heavy atom. The summed E-state index contributed by atoms with van der Waals surface area (Å²) in [5.41, 5.74) is 0.752. The fraction of sp³-hybridized carbons (Fsp3) is 0.312. The summed E-state index contributed by atoms with van der Waals surface area (Å²) in [7, 11) is 3.16. The third-order valence-electron chi connectivity index (χ3n) is 3.14. The monoisotopic (exact) mass is 346 g/mol. The van der Waals surface area contributed by atoms with Gasteiger partial charge in [0, 0.05) is 6.07 Å². The van der Waals surface area contributed by atoms with E-state index in [-0.39, 0.29) is 17.7 Å². The molecule has 0 radical (unpaired) electrons. The predicted octanol–water partition coefficient (Wildman–Crippen LogP) is 1.72. The lowest BCUT2D eigenvalue weighted by atomic mass is 10.2. The van der Waals surface area contributed by atoms with Crippen molar-refractivity contribution >= 4 is 17.7 Å². The number of thioether (sulfide) groups is 1. The lowest BCUT2D eigenvalue weighted by Crippen LogP contribution is -2.31. The van der Waals surface area contributed by atoms with Crippen LogP contribution in [0.5, 0.6) is 11.5 Å². The van der Waals surface area contributed by atoms with Gasteiger partial charge in [-0.2, -0.15) is 0 Å². The maximum absolute atomic E-state index is 11.8. The smallest absolute Gasteiger partial charge is 0.234 e. The van der Waals surface area contributed by atoms with E-state index in [1.807, 2.05) is 12.1 Å². The SMILES string of the molecule is C#CCNC(=O)C(C)Sc1n[nH]c(-c2ccc(OC)cc2OC)n1. The van der Waals surface area contributed by atoms with Crippen LogP contribution in [0.1, 0.15) is 6.92 Å². The number of nitrogens with one attached hydrogen (secondary N) is 2. The van der Waals surface area contributed by atoms with Crippen molar-refractivity contribution < 1.29 is 14.3 Å². The minimum Gasteiger partial charge on any atom is -0.497 e. The first-order valence-electron chi connectivity index (χ1n) is 7.11. The number of carbonyl (C=O) groups is 1. The molecule has 1 heterocycles. The van der Waals surface area contributed by atoms with E-state index in [2.05, 4.69) is 26.4 Å². The quantitative estimate of drug-likeness (QED) is 0.586. The van der Waals surface area contributed by atoms with Crippen LogP contribution in [0.25, 0.3) is 11.4 Å². The third kappa shape index (κ3) is 4.20. The summed E-state index contributed by atoms with van der Waals surface area (Å²) in [5, 5.41) is 9.72. The van der Waals surface area contributed by atoms with Gasteiger partial charge in [0.05, 0.1) is 31.6 Å². The van der Waals surface area contributed by atoms with Crippen LogP contribution in [0.2, 0.25) is 0 Å². The zero-order chi connectivity index (χ0) is 17.5. The molecule has 1 aromatic heterocycles. The van der Waals surface area contributed by atoms with Crippen molar-refractivity contribution in [1.82, 2.24) is 20.5 Å². The predicted molar refractivity (Wildman–Crippen MR) is 92.1 cm³/mol. The van der Waals surface area contributed by atoms with E-state index in [1.54, 1.807) is 27.2 Å². The topological polar surface area (TPSA) is 89.1 Å². The van der Waals surface area contributed by atoms with Gasteiger partial charge in [0.15, 0.2) is 5.82 Å². The van der Waals surface area contributed by atoms with E-state index < -0.39 is 0 Å². The zero-order valence-corrected chi connectivity index (χ0v) is 14.4. The molecule has 0 aliphatic heterocycles. The van der Waals surface area contributed by atoms with Crippen molar-refractivity contribution in [2.24, 2.45) is 0 Å². The lowest BCUT2D eigenvalue weighted by molar-refractivity contribution is -0.120. The molecule has 126 valence electrons. The first kappa shape index (κ1) is 17.7. The van der Waals surface area contributed by atoms with Gasteiger partial charge >= 0.3 is 0 Å².